The molecule has 0 radical (unpaired) electrons. The van der Waals surface area contributed by atoms with Gasteiger partial charge in [0, 0.05) is 4.47 Å². The van der Waals surface area contributed by atoms with Gasteiger partial charge in [0.1, 0.15) is 11.5 Å². The van der Waals surface area contributed by atoms with E-state index in [1.54, 1.807) is 32.4 Å². The maximum atomic E-state index is 12.1. The van der Waals surface area contributed by atoms with Crippen LogP contribution in [0.4, 0.5) is 0 Å². The number of halogens is 1. The smallest absolute Gasteiger partial charge is 0.363 e. The molecule has 1 aliphatic heterocycles. The van der Waals surface area contributed by atoms with Gasteiger partial charge in [-0.25, -0.2) is 9.79 Å². The minimum atomic E-state index is -0.505. The molecule has 0 N–H and O–H groups in total. The van der Waals surface area contributed by atoms with Crippen LogP contribution in [0.25, 0.3) is 6.08 Å². The summed E-state index contributed by atoms with van der Waals surface area (Å²) in [6.45, 7) is 0. The van der Waals surface area contributed by atoms with Gasteiger partial charge in [-0.15, -0.1) is 0 Å². The van der Waals surface area contributed by atoms with Gasteiger partial charge in [-0.1, -0.05) is 28.1 Å². The lowest BCUT2D eigenvalue weighted by Crippen LogP contribution is -2.07. The molecule has 5 nitrogen and oxygen atoms in total. The zero-order chi connectivity index (χ0) is 17.1. The highest BCUT2D eigenvalue weighted by Gasteiger charge is 2.26. The third-order valence-corrected chi connectivity index (χ3v) is 3.90. The van der Waals surface area contributed by atoms with Crippen molar-refractivity contribution in [1.29, 1.82) is 0 Å². The predicted molar refractivity (Wildman–Crippen MR) is 94.3 cm³/mol. The van der Waals surface area contributed by atoms with Crippen molar-refractivity contribution < 1.29 is 19.0 Å². The number of rotatable bonds is 4. The van der Waals surface area contributed by atoms with Gasteiger partial charge in [-0.2, -0.15) is 0 Å². The Morgan fingerprint density at radius 2 is 1.96 bits per heavy atom. The normalized spacial score (nSPS) is 15.2. The van der Waals surface area contributed by atoms with Crippen LogP contribution in [-0.2, 0) is 9.53 Å². The zero-order valence-corrected chi connectivity index (χ0v) is 14.7. The van der Waals surface area contributed by atoms with Crippen LogP contribution >= 0.6 is 15.9 Å². The summed E-state index contributed by atoms with van der Waals surface area (Å²) in [5, 5.41) is 0. The van der Waals surface area contributed by atoms with E-state index in [4.69, 9.17) is 14.2 Å². The molecule has 2 aromatic rings. The van der Waals surface area contributed by atoms with Gasteiger partial charge in [-0.3, -0.25) is 0 Å². The van der Waals surface area contributed by atoms with Gasteiger partial charge < -0.3 is 14.2 Å². The highest BCUT2D eigenvalue weighted by atomic mass is 79.9. The number of hydrogen-bond acceptors (Lipinski definition) is 5. The Kier molecular flexibility index (Phi) is 4.66. The van der Waals surface area contributed by atoms with Gasteiger partial charge in [0.2, 0.25) is 5.90 Å². The first-order valence-electron chi connectivity index (χ1n) is 7.11. The standard InChI is InChI=1S/C18H14BrNO4/c1-22-13-5-3-4-11(8-13)9-15-18(21)24-17(20-15)14-10-12(19)6-7-16(14)23-2/h3-10H,1-2H3/b15-9+. The molecular weight excluding hydrogens is 374 g/mol. The van der Waals surface area contributed by atoms with Crippen molar-refractivity contribution in [3.8, 4) is 11.5 Å². The summed E-state index contributed by atoms with van der Waals surface area (Å²) in [6.07, 6.45) is 1.66. The first kappa shape index (κ1) is 16.3. The maximum absolute atomic E-state index is 12.1. The Balaban J connectivity index is 1.99. The lowest BCUT2D eigenvalue weighted by molar-refractivity contribution is -0.129. The van der Waals surface area contributed by atoms with E-state index in [1.165, 1.54) is 0 Å². The Bertz CT molecular complexity index is 858. The van der Waals surface area contributed by atoms with Crippen LogP contribution in [0.3, 0.4) is 0 Å². The molecular formula is C18H14BrNO4. The highest BCUT2D eigenvalue weighted by molar-refractivity contribution is 9.10. The topological polar surface area (TPSA) is 57.1 Å². The maximum Gasteiger partial charge on any atom is 0.363 e. The molecule has 0 amide bonds. The van der Waals surface area contributed by atoms with Gasteiger partial charge in [-0.05, 0) is 42.0 Å². The van der Waals surface area contributed by atoms with Crippen LogP contribution in [-0.4, -0.2) is 26.1 Å². The van der Waals surface area contributed by atoms with Crippen LogP contribution in [0.5, 0.6) is 11.5 Å². The number of benzene rings is 2. The second kappa shape index (κ2) is 6.88. The Hall–Kier alpha value is -2.60. The second-order valence-electron chi connectivity index (χ2n) is 4.96. The summed E-state index contributed by atoms with van der Waals surface area (Å²) >= 11 is 3.39. The molecule has 0 saturated heterocycles. The first-order valence-corrected chi connectivity index (χ1v) is 7.90. The Morgan fingerprint density at radius 1 is 1.12 bits per heavy atom. The lowest BCUT2D eigenvalue weighted by Gasteiger charge is -2.07. The van der Waals surface area contributed by atoms with Crippen LogP contribution in [0, 0.1) is 0 Å². The summed E-state index contributed by atoms with van der Waals surface area (Å²) in [7, 11) is 3.14. The van der Waals surface area contributed by atoms with Crippen molar-refractivity contribution in [2.45, 2.75) is 0 Å². The average molecular weight is 388 g/mol. The summed E-state index contributed by atoms with van der Waals surface area (Å²) in [5.41, 5.74) is 1.63. The Morgan fingerprint density at radius 3 is 2.71 bits per heavy atom. The molecule has 0 atom stereocenters. The monoisotopic (exact) mass is 387 g/mol. The number of carbonyl (C=O) groups excluding carboxylic acids is 1. The number of carbonyl (C=O) groups is 1. The summed E-state index contributed by atoms with van der Waals surface area (Å²) in [6, 6.07) is 12.7. The molecule has 0 unspecified atom stereocenters. The minimum Gasteiger partial charge on any atom is -0.497 e. The van der Waals surface area contributed by atoms with Crippen molar-refractivity contribution in [2.24, 2.45) is 4.99 Å². The largest absolute Gasteiger partial charge is 0.497 e. The van der Waals surface area contributed by atoms with E-state index >= 15 is 0 Å². The van der Waals surface area contributed by atoms with Crippen LogP contribution in [0.2, 0.25) is 0 Å². The van der Waals surface area contributed by atoms with Gasteiger partial charge >= 0.3 is 5.97 Å². The number of cyclic esters (lactones) is 1. The summed E-state index contributed by atoms with van der Waals surface area (Å²) < 4.78 is 16.6. The quantitative estimate of drug-likeness (QED) is 0.591. The SMILES string of the molecule is COc1cccc(/C=C2/N=C(c3cc(Br)ccc3OC)OC2=O)c1. The fraction of sp³-hybridized carbons (Fsp3) is 0.111. The predicted octanol–water partition coefficient (Wildman–Crippen LogP) is 3.81. The molecule has 0 aliphatic carbocycles. The average Bonchev–Trinajstić information content (AvgIpc) is 2.95. The minimum absolute atomic E-state index is 0.215. The van der Waals surface area contributed by atoms with E-state index in [-0.39, 0.29) is 11.6 Å². The number of aliphatic imine (C=N–C) groups is 1. The Labute approximate surface area is 147 Å². The van der Waals surface area contributed by atoms with Crippen LogP contribution in [0.15, 0.2) is 57.6 Å². The third-order valence-electron chi connectivity index (χ3n) is 3.41. The summed E-state index contributed by atoms with van der Waals surface area (Å²) in [4.78, 5) is 16.4. The lowest BCUT2D eigenvalue weighted by atomic mass is 10.2. The molecule has 1 aliphatic rings. The number of hydrogen-bond donors (Lipinski definition) is 0. The van der Waals surface area contributed by atoms with E-state index in [1.807, 2.05) is 30.3 Å². The molecule has 0 aromatic heterocycles. The second-order valence-corrected chi connectivity index (χ2v) is 5.87. The highest BCUT2D eigenvalue weighted by Crippen LogP contribution is 2.28. The third kappa shape index (κ3) is 3.33. The van der Waals surface area contributed by atoms with Gasteiger partial charge in [0.15, 0.2) is 5.70 Å². The van der Waals surface area contributed by atoms with E-state index in [0.29, 0.717) is 17.1 Å². The van der Waals surface area contributed by atoms with Crippen molar-refractivity contribution in [3.05, 3.63) is 63.8 Å². The van der Waals surface area contributed by atoms with Crippen LogP contribution < -0.4 is 9.47 Å². The molecule has 1 heterocycles. The van der Waals surface area contributed by atoms with Crippen LogP contribution in [0.1, 0.15) is 11.1 Å². The molecule has 24 heavy (non-hydrogen) atoms. The van der Waals surface area contributed by atoms with Crippen molar-refractivity contribution in [2.75, 3.05) is 14.2 Å². The molecule has 0 bridgehead atoms. The molecule has 0 spiro atoms. The van der Waals surface area contributed by atoms with E-state index < -0.39 is 5.97 Å². The summed E-state index contributed by atoms with van der Waals surface area (Å²) in [5.74, 6) is 0.989. The van der Waals surface area contributed by atoms with Crippen molar-refractivity contribution in [3.63, 3.8) is 0 Å². The molecule has 6 heteroatoms. The van der Waals surface area contributed by atoms with E-state index in [2.05, 4.69) is 20.9 Å². The molecule has 2 aromatic carbocycles. The van der Waals surface area contributed by atoms with Crippen molar-refractivity contribution >= 4 is 33.9 Å². The number of esters is 1. The van der Waals surface area contributed by atoms with Gasteiger partial charge in [0.05, 0.1) is 19.8 Å². The molecule has 0 fully saturated rings. The fourth-order valence-electron chi connectivity index (χ4n) is 2.26. The van der Waals surface area contributed by atoms with Gasteiger partial charge in [0.25, 0.3) is 0 Å². The zero-order valence-electron chi connectivity index (χ0n) is 13.1. The number of ether oxygens (including phenoxy) is 3. The molecule has 3 rings (SSSR count). The van der Waals surface area contributed by atoms with E-state index in [9.17, 15) is 4.79 Å². The van der Waals surface area contributed by atoms with Crippen molar-refractivity contribution in [1.82, 2.24) is 0 Å². The number of nitrogens with zero attached hydrogens (tertiary/aromatic N) is 1. The molecule has 122 valence electrons. The fourth-order valence-corrected chi connectivity index (χ4v) is 2.62. The number of methoxy groups -OCH3 is 2. The molecule has 0 saturated carbocycles. The first-order chi connectivity index (χ1) is 11.6. The van der Waals surface area contributed by atoms with E-state index in [0.717, 1.165) is 10.0 Å².